The number of nitrogens with one attached hydrogen (secondary N) is 1. The van der Waals surface area contributed by atoms with E-state index in [1.54, 1.807) is 0 Å². The summed E-state index contributed by atoms with van der Waals surface area (Å²) in [5.74, 6) is 7.56. The molecule has 0 aromatic rings. The van der Waals surface area contributed by atoms with Crippen molar-refractivity contribution in [2.24, 2.45) is 23.6 Å². The molecule has 0 aromatic carbocycles. The summed E-state index contributed by atoms with van der Waals surface area (Å²) in [6.07, 6.45) is 3.02. The van der Waals surface area contributed by atoms with Gasteiger partial charge in [0.1, 0.15) is 0 Å². The summed E-state index contributed by atoms with van der Waals surface area (Å²) in [5.41, 5.74) is 3.01. The van der Waals surface area contributed by atoms with Gasteiger partial charge in [-0.25, -0.2) is 0 Å². The first-order valence-electron chi connectivity index (χ1n) is 6.62. The van der Waals surface area contributed by atoms with Crippen LogP contribution in [0.5, 0.6) is 0 Å². The predicted octanol–water partition coefficient (Wildman–Crippen LogP) is 2.31. The van der Waals surface area contributed by atoms with Gasteiger partial charge in [-0.1, -0.05) is 27.2 Å². The molecule has 0 aromatic heterocycles. The first kappa shape index (κ1) is 13.9. The molecule has 1 saturated heterocycles. The molecule has 1 fully saturated rings. The molecule has 0 amide bonds. The van der Waals surface area contributed by atoms with Crippen LogP contribution in [0.15, 0.2) is 0 Å². The van der Waals surface area contributed by atoms with Crippen molar-refractivity contribution in [3.05, 3.63) is 0 Å². The van der Waals surface area contributed by atoms with Crippen LogP contribution in [0.3, 0.4) is 0 Å². The molecule has 3 heteroatoms. The Kier molecular flexibility index (Phi) is 5.22. The van der Waals surface area contributed by atoms with Crippen molar-refractivity contribution in [1.29, 1.82) is 0 Å². The van der Waals surface area contributed by atoms with Gasteiger partial charge in [-0.3, -0.25) is 11.3 Å². The molecule has 0 spiro atoms. The Morgan fingerprint density at radius 3 is 2.25 bits per heavy atom. The number of hydrogen-bond acceptors (Lipinski definition) is 3. The van der Waals surface area contributed by atoms with E-state index in [1.807, 2.05) is 0 Å². The number of hydrogen-bond donors (Lipinski definition) is 2. The van der Waals surface area contributed by atoms with Crippen molar-refractivity contribution < 1.29 is 4.74 Å². The summed E-state index contributed by atoms with van der Waals surface area (Å²) < 4.78 is 5.89. The van der Waals surface area contributed by atoms with E-state index in [9.17, 15) is 0 Å². The molecule has 1 aliphatic heterocycles. The maximum absolute atomic E-state index is 5.89. The maximum Gasteiger partial charge on any atom is 0.0597 e. The molecular weight excluding hydrogens is 200 g/mol. The Bertz CT molecular complexity index is 210. The van der Waals surface area contributed by atoms with Crippen LogP contribution in [-0.2, 0) is 4.74 Å². The maximum atomic E-state index is 5.89. The van der Waals surface area contributed by atoms with Gasteiger partial charge >= 0.3 is 0 Å². The van der Waals surface area contributed by atoms with E-state index in [1.165, 1.54) is 6.42 Å². The molecule has 0 bridgehead atoms. The van der Waals surface area contributed by atoms with Crippen LogP contribution in [0.1, 0.15) is 47.5 Å². The summed E-state index contributed by atoms with van der Waals surface area (Å²) in [7, 11) is 0. The number of rotatable bonds is 5. The third-order valence-corrected chi connectivity index (χ3v) is 4.35. The van der Waals surface area contributed by atoms with Crippen LogP contribution in [0.2, 0.25) is 0 Å². The lowest BCUT2D eigenvalue weighted by molar-refractivity contribution is 0.0465. The molecule has 3 N–H and O–H groups in total. The van der Waals surface area contributed by atoms with Crippen LogP contribution >= 0.6 is 0 Å². The minimum absolute atomic E-state index is 0.315. The second-order valence-electron chi connectivity index (χ2n) is 5.51. The Hall–Kier alpha value is -0.120. The second kappa shape index (κ2) is 5.99. The standard InChI is InChI=1S/C13H28N2O/c1-6-8(2)7-12(15-14)13-9(3)10(4)16-11(13)5/h8-13,15H,6-7,14H2,1-5H3. The number of hydrazine groups is 1. The Morgan fingerprint density at radius 2 is 1.88 bits per heavy atom. The highest BCUT2D eigenvalue weighted by Crippen LogP contribution is 2.36. The van der Waals surface area contributed by atoms with Gasteiger partial charge in [-0.2, -0.15) is 0 Å². The van der Waals surface area contributed by atoms with Crippen LogP contribution in [-0.4, -0.2) is 18.2 Å². The molecule has 3 nitrogen and oxygen atoms in total. The molecule has 0 radical (unpaired) electrons. The quantitative estimate of drug-likeness (QED) is 0.561. The summed E-state index contributed by atoms with van der Waals surface area (Å²) in [4.78, 5) is 0. The summed E-state index contributed by atoms with van der Waals surface area (Å²) in [5, 5.41) is 0. The van der Waals surface area contributed by atoms with Crippen LogP contribution in [0.4, 0.5) is 0 Å². The summed E-state index contributed by atoms with van der Waals surface area (Å²) >= 11 is 0. The zero-order valence-corrected chi connectivity index (χ0v) is 11.4. The predicted molar refractivity (Wildman–Crippen MR) is 67.8 cm³/mol. The van der Waals surface area contributed by atoms with Crippen LogP contribution in [0.25, 0.3) is 0 Å². The molecular formula is C13H28N2O. The first-order valence-corrected chi connectivity index (χ1v) is 6.62. The Labute approximate surface area is 100 Å². The molecule has 1 heterocycles. The molecule has 6 unspecified atom stereocenters. The monoisotopic (exact) mass is 228 g/mol. The van der Waals surface area contributed by atoms with Gasteiger partial charge in [0, 0.05) is 12.0 Å². The fourth-order valence-electron chi connectivity index (χ4n) is 2.92. The van der Waals surface area contributed by atoms with Gasteiger partial charge in [0.2, 0.25) is 0 Å². The SMILES string of the molecule is CCC(C)CC(NN)C1C(C)OC(C)C1C. The average Bonchev–Trinajstić information content (AvgIpc) is 2.50. The lowest BCUT2D eigenvalue weighted by atomic mass is 9.80. The van der Waals surface area contributed by atoms with Crippen molar-refractivity contribution >= 4 is 0 Å². The first-order chi connectivity index (χ1) is 7.51. The van der Waals surface area contributed by atoms with Gasteiger partial charge in [-0.05, 0) is 32.1 Å². The van der Waals surface area contributed by atoms with E-state index in [0.717, 1.165) is 12.3 Å². The van der Waals surface area contributed by atoms with E-state index < -0.39 is 0 Å². The molecule has 16 heavy (non-hydrogen) atoms. The largest absolute Gasteiger partial charge is 0.375 e. The molecule has 1 rings (SSSR count). The number of ether oxygens (including phenoxy) is 1. The smallest absolute Gasteiger partial charge is 0.0597 e. The summed E-state index contributed by atoms with van der Waals surface area (Å²) in [6.45, 7) is 11.1. The zero-order valence-electron chi connectivity index (χ0n) is 11.4. The highest BCUT2D eigenvalue weighted by atomic mass is 16.5. The second-order valence-corrected chi connectivity index (χ2v) is 5.51. The summed E-state index contributed by atoms with van der Waals surface area (Å²) in [6, 6.07) is 0.380. The lowest BCUT2D eigenvalue weighted by Gasteiger charge is -2.30. The van der Waals surface area contributed by atoms with Gasteiger partial charge in [-0.15, -0.1) is 0 Å². The molecule has 1 aliphatic rings. The van der Waals surface area contributed by atoms with Crippen molar-refractivity contribution in [3.8, 4) is 0 Å². The fourth-order valence-corrected chi connectivity index (χ4v) is 2.92. The van der Waals surface area contributed by atoms with Crippen molar-refractivity contribution in [2.75, 3.05) is 0 Å². The topological polar surface area (TPSA) is 47.3 Å². The lowest BCUT2D eigenvalue weighted by Crippen LogP contribution is -2.46. The van der Waals surface area contributed by atoms with E-state index in [4.69, 9.17) is 10.6 Å². The molecule has 0 saturated carbocycles. The van der Waals surface area contributed by atoms with Gasteiger partial charge < -0.3 is 4.74 Å². The minimum atomic E-state index is 0.315. The van der Waals surface area contributed by atoms with Crippen molar-refractivity contribution in [3.63, 3.8) is 0 Å². The van der Waals surface area contributed by atoms with E-state index in [-0.39, 0.29) is 0 Å². The van der Waals surface area contributed by atoms with E-state index >= 15 is 0 Å². The highest BCUT2D eigenvalue weighted by molar-refractivity contribution is 4.91. The Balaban J connectivity index is 2.64. The fraction of sp³-hybridized carbons (Fsp3) is 1.00. The average molecular weight is 228 g/mol. The zero-order chi connectivity index (χ0) is 12.3. The van der Waals surface area contributed by atoms with Crippen molar-refractivity contribution in [1.82, 2.24) is 5.43 Å². The van der Waals surface area contributed by atoms with Gasteiger partial charge in [0.25, 0.3) is 0 Å². The molecule has 96 valence electrons. The molecule has 6 atom stereocenters. The van der Waals surface area contributed by atoms with Crippen molar-refractivity contribution in [2.45, 2.75) is 65.7 Å². The third kappa shape index (κ3) is 2.96. The third-order valence-electron chi connectivity index (χ3n) is 4.35. The normalized spacial score (nSPS) is 38.6. The number of nitrogens with two attached hydrogens (primary N) is 1. The van der Waals surface area contributed by atoms with E-state index in [0.29, 0.717) is 30.1 Å². The Morgan fingerprint density at radius 1 is 1.25 bits per heavy atom. The van der Waals surface area contributed by atoms with Crippen LogP contribution in [0, 0.1) is 17.8 Å². The van der Waals surface area contributed by atoms with Gasteiger partial charge in [0.05, 0.1) is 12.2 Å². The van der Waals surface area contributed by atoms with Crippen LogP contribution < -0.4 is 11.3 Å². The van der Waals surface area contributed by atoms with E-state index in [2.05, 4.69) is 40.0 Å². The minimum Gasteiger partial charge on any atom is -0.375 e. The highest BCUT2D eigenvalue weighted by Gasteiger charge is 2.41. The van der Waals surface area contributed by atoms with Gasteiger partial charge in [0.15, 0.2) is 0 Å². The molecule has 0 aliphatic carbocycles.